The van der Waals surface area contributed by atoms with Crippen molar-refractivity contribution in [3.05, 3.63) is 102 Å². The fraction of sp³-hybridized carbons (Fsp3) is 0.306. The Labute approximate surface area is 286 Å². The van der Waals surface area contributed by atoms with E-state index in [0.717, 1.165) is 6.08 Å². The SMILES string of the molecule is C=CC(=O)OCCCCOC(=O)Oc1ccc(C(=O)Oc2ccc(C(=O)O[C@@H]3COC4C(OC(=O)c5ccc(OC)cc5)COC43)cc2)cc1. The molecule has 0 N–H and O–H groups in total. The Bertz CT molecular complexity index is 1670. The first-order chi connectivity index (χ1) is 24.2. The molecule has 2 aliphatic heterocycles. The zero-order valence-corrected chi connectivity index (χ0v) is 27.0. The molecule has 4 atom stereocenters. The molecule has 2 saturated heterocycles. The molecule has 5 rings (SSSR count). The topological polar surface area (TPSA) is 168 Å². The van der Waals surface area contributed by atoms with E-state index in [1.54, 1.807) is 24.3 Å². The van der Waals surface area contributed by atoms with Crippen LogP contribution in [-0.4, -0.2) is 88.0 Å². The summed E-state index contributed by atoms with van der Waals surface area (Å²) >= 11 is 0. The number of methoxy groups -OCH3 is 1. The molecule has 0 bridgehead atoms. The fourth-order valence-electron chi connectivity index (χ4n) is 4.97. The molecule has 3 aromatic carbocycles. The van der Waals surface area contributed by atoms with Gasteiger partial charge < -0.3 is 42.6 Å². The van der Waals surface area contributed by atoms with Crippen molar-refractivity contribution in [1.82, 2.24) is 0 Å². The first-order valence-corrected chi connectivity index (χ1v) is 15.6. The number of rotatable bonds is 14. The van der Waals surface area contributed by atoms with Gasteiger partial charge in [-0.3, -0.25) is 0 Å². The van der Waals surface area contributed by atoms with E-state index in [9.17, 15) is 24.0 Å². The summed E-state index contributed by atoms with van der Waals surface area (Å²) in [5.41, 5.74) is 0.740. The van der Waals surface area contributed by atoms with Crippen molar-refractivity contribution < 1.29 is 66.6 Å². The normalized spacial score (nSPS) is 19.0. The molecule has 3 unspecified atom stereocenters. The summed E-state index contributed by atoms with van der Waals surface area (Å²) in [7, 11) is 1.53. The van der Waals surface area contributed by atoms with Gasteiger partial charge in [-0.05, 0) is 85.6 Å². The first-order valence-electron chi connectivity index (χ1n) is 15.6. The van der Waals surface area contributed by atoms with Crippen molar-refractivity contribution in [2.75, 3.05) is 33.5 Å². The Morgan fingerprint density at radius 3 is 1.56 bits per heavy atom. The Hall–Kier alpha value is -5.73. The summed E-state index contributed by atoms with van der Waals surface area (Å²) in [6.07, 6.45) is -1.49. The number of esters is 4. The summed E-state index contributed by atoms with van der Waals surface area (Å²) in [6.45, 7) is 3.71. The van der Waals surface area contributed by atoms with Crippen LogP contribution in [0.15, 0.2) is 85.5 Å². The van der Waals surface area contributed by atoms with Gasteiger partial charge >= 0.3 is 30.0 Å². The molecule has 3 aromatic rings. The van der Waals surface area contributed by atoms with Gasteiger partial charge in [-0.15, -0.1) is 0 Å². The third-order valence-electron chi connectivity index (χ3n) is 7.57. The fourth-order valence-corrected chi connectivity index (χ4v) is 4.97. The molecule has 0 amide bonds. The molecule has 14 nitrogen and oxygen atoms in total. The lowest BCUT2D eigenvalue weighted by molar-refractivity contribution is -0.137. The minimum atomic E-state index is -0.923. The predicted octanol–water partition coefficient (Wildman–Crippen LogP) is 4.49. The van der Waals surface area contributed by atoms with Gasteiger partial charge in [0.1, 0.15) is 29.5 Å². The van der Waals surface area contributed by atoms with Crippen LogP contribution in [0.5, 0.6) is 17.2 Å². The second-order valence-corrected chi connectivity index (χ2v) is 10.9. The Morgan fingerprint density at radius 2 is 1.08 bits per heavy atom. The second-order valence-electron chi connectivity index (χ2n) is 10.9. The van der Waals surface area contributed by atoms with Crippen LogP contribution in [-0.2, 0) is 33.2 Å². The number of hydrogen-bond donors (Lipinski definition) is 0. The molecule has 2 heterocycles. The molecule has 0 aromatic heterocycles. The molecule has 262 valence electrons. The number of ether oxygens (including phenoxy) is 9. The van der Waals surface area contributed by atoms with Crippen molar-refractivity contribution in [3.8, 4) is 17.2 Å². The highest BCUT2D eigenvalue weighted by atomic mass is 16.7. The van der Waals surface area contributed by atoms with Gasteiger partial charge in [0.15, 0.2) is 12.2 Å². The van der Waals surface area contributed by atoms with E-state index in [4.69, 9.17) is 42.6 Å². The summed E-state index contributed by atoms with van der Waals surface area (Å²) < 4.78 is 48.2. The van der Waals surface area contributed by atoms with Gasteiger partial charge in [-0.2, -0.15) is 0 Å². The predicted molar refractivity (Wildman–Crippen MR) is 171 cm³/mol. The lowest BCUT2D eigenvalue weighted by Crippen LogP contribution is -2.36. The maximum atomic E-state index is 12.9. The van der Waals surface area contributed by atoms with Gasteiger partial charge in [-0.1, -0.05) is 6.58 Å². The number of hydrogen-bond acceptors (Lipinski definition) is 14. The Kier molecular flexibility index (Phi) is 12.2. The molecule has 0 aliphatic carbocycles. The zero-order chi connectivity index (χ0) is 35.5. The molecule has 0 spiro atoms. The zero-order valence-electron chi connectivity index (χ0n) is 27.0. The van der Waals surface area contributed by atoms with Crippen molar-refractivity contribution in [2.24, 2.45) is 0 Å². The summed E-state index contributed by atoms with van der Waals surface area (Å²) in [5.74, 6) is -1.43. The lowest BCUT2D eigenvalue weighted by Gasteiger charge is -2.17. The van der Waals surface area contributed by atoms with Crippen LogP contribution in [0.1, 0.15) is 43.9 Å². The third-order valence-corrected chi connectivity index (χ3v) is 7.57. The largest absolute Gasteiger partial charge is 0.513 e. The van der Waals surface area contributed by atoms with Crippen molar-refractivity contribution in [1.29, 1.82) is 0 Å². The quantitative estimate of drug-likeness (QED) is 0.0579. The first kappa shape index (κ1) is 35.6. The van der Waals surface area contributed by atoms with Crippen LogP contribution in [0, 0.1) is 0 Å². The summed E-state index contributed by atoms with van der Waals surface area (Å²) in [6, 6.07) is 17.9. The van der Waals surface area contributed by atoms with Crippen LogP contribution in [0.2, 0.25) is 0 Å². The van der Waals surface area contributed by atoms with Crippen molar-refractivity contribution >= 4 is 30.0 Å². The van der Waals surface area contributed by atoms with Gasteiger partial charge in [0.2, 0.25) is 0 Å². The monoisotopic (exact) mass is 690 g/mol. The van der Waals surface area contributed by atoms with Gasteiger partial charge in [0.25, 0.3) is 0 Å². The molecule has 14 heteroatoms. The van der Waals surface area contributed by atoms with Crippen LogP contribution in [0.25, 0.3) is 0 Å². The number of benzene rings is 3. The molecule has 2 fully saturated rings. The molecular weight excluding hydrogens is 656 g/mol. The van der Waals surface area contributed by atoms with E-state index in [1.807, 2.05) is 0 Å². The number of fused-ring (bicyclic) bond motifs is 1. The minimum Gasteiger partial charge on any atom is -0.497 e. The van der Waals surface area contributed by atoms with Crippen LogP contribution < -0.4 is 14.2 Å². The van der Waals surface area contributed by atoms with E-state index in [-0.39, 0.29) is 49.1 Å². The summed E-state index contributed by atoms with van der Waals surface area (Å²) in [4.78, 5) is 61.0. The number of carbonyl (C=O) groups is 5. The van der Waals surface area contributed by atoms with Gasteiger partial charge in [0.05, 0.1) is 50.2 Å². The molecule has 50 heavy (non-hydrogen) atoms. The standard InChI is InChI=1S/C36H34O14/c1-3-30(37)43-18-4-5-19-44-36(41)48-27-16-10-22(11-17-27)33(38)47-26-14-8-24(9-15-26)35(40)50-29-21-46-31-28(20-45-32(29)31)49-34(39)23-6-12-25(42-2)13-7-23/h3,6-17,28-29,31-32H,1,4-5,18-21H2,2H3/t28?,29-,31?,32?/m1/s1. The van der Waals surface area contributed by atoms with Crippen molar-refractivity contribution in [3.63, 3.8) is 0 Å². The van der Waals surface area contributed by atoms with Crippen LogP contribution in [0.4, 0.5) is 4.79 Å². The highest BCUT2D eigenvalue weighted by Gasteiger charge is 2.51. The lowest BCUT2D eigenvalue weighted by atomic mass is 10.1. The molecule has 2 aliphatic rings. The van der Waals surface area contributed by atoms with E-state index in [0.29, 0.717) is 24.2 Å². The maximum Gasteiger partial charge on any atom is 0.513 e. The van der Waals surface area contributed by atoms with E-state index in [2.05, 4.69) is 6.58 Å². The average molecular weight is 691 g/mol. The smallest absolute Gasteiger partial charge is 0.497 e. The van der Waals surface area contributed by atoms with E-state index < -0.39 is 54.4 Å². The summed E-state index contributed by atoms with van der Waals surface area (Å²) in [5, 5.41) is 0. The second kappa shape index (κ2) is 17.1. The third kappa shape index (κ3) is 9.45. The number of carbonyl (C=O) groups excluding carboxylic acids is 5. The maximum absolute atomic E-state index is 12.9. The highest BCUT2D eigenvalue weighted by molar-refractivity contribution is 5.92. The molecular formula is C36H34O14. The van der Waals surface area contributed by atoms with E-state index in [1.165, 1.54) is 55.6 Å². The van der Waals surface area contributed by atoms with Gasteiger partial charge in [0, 0.05) is 6.08 Å². The van der Waals surface area contributed by atoms with Crippen LogP contribution in [0.3, 0.4) is 0 Å². The van der Waals surface area contributed by atoms with Gasteiger partial charge in [-0.25, -0.2) is 24.0 Å². The number of unbranched alkanes of at least 4 members (excludes halogenated alkanes) is 1. The highest BCUT2D eigenvalue weighted by Crippen LogP contribution is 2.32. The Morgan fingerprint density at radius 1 is 0.640 bits per heavy atom. The molecule has 0 radical (unpaired) electrons. The average Bonchev–Trinajstić information content (AvgIpc) is 3.72. The Balaban J connectivity index is 1.03. The minimum absolute atomic E-state index is 0.0645. The van der Waals surface area contributed by atoms with Crippen LogP contribution >= 0.6 is 0 Å². The van der Waals surface area contributed by atoms with E-state index >= 15 is 0 Å². The molecule has 0 saturated carbocycles. The van der Waals surface area contributed by atoms with Crippen molar-refractivity contribution in [2.45, 2.75) is 37.3 Å².